The summed E-state index contributed by atoms with van der Waals surface area (Å²) in [5.74, 6) is -0.833. The number of hydrogen-bond donors (Lipinski definition) is 1. The Balaban J connectivity index is 0.000000181. The van der Waals surface area contributed by atoms with Crippen LogP contribution in [0.1, 0.15) is 6.92 Å². The van der Waals surface area contributed by atoms with E-state index in [1.54, 1.807) is 0 Å². The fourth-order valence-corrected chi connectivity index (χ4v) is 0.663. The van der Waals surface area contributed by atoms with Crippen molar-refractivity contribution in [2.45, 2.75) is 6.92 Å². The predicted octanol–water partition coefficient (Wildman–Crippen LogP) is 1.79. The number of rotatable bonds is 0. The molecule has 0 radical (unpaired) electrons. The van der Waals surface area contributed by atoms with Crippen LogP contribution < -0.4 is 0 Å². The summed E-state index contributed by atoms with van der Waals surface area (Å²) < 4.78 is 0. The van der Waals surface area contributed by atoms with Gasteiger partial charge in [-0.25, -0.2) is 0 Å². The van der Waals surface area contributed by atoms with Gasteiger partial charge < -0.3 is 5.11 Å². The molecule has 0 spiro atoms. The van der Waals surface area contributed by atoms with Crippen molar-refractivity contribution in [1.82, 2.24) is 0 Å². The molecule has 2 aliphatic carbocycles. The van der Waals surface area contributed by atoms with Crippen LogP contribution in [0.3, 0.4) is 0 Å². The molecule has 0 amide bonds. The van der Waals surface area contributed by atoms with E-state index in [-0.39, 0.29) is 0 Å². The molecule has 0 unspecified atom stereocenters. The van der Waals surface area contributed by atoms with E-state index >= 15 is 0 Å². The van der Waals surface area contributed by atoms with Gasteiger partial charge in [0.15, 0.2) is 0 Å². The number of aliphatic carboxylic acids is 1. The van der Waals surface area contributed by atoms with Gasteiger partial charge in [0.2, 0.25) is 0 Å². The zero-order valence-electron chi connectivity index (χ0n) is 6.56. The summed E-state index contributed by atoms with van der Waals surface area (Å²) in [7, 11) is 0. The lowest BCUT2D eigenvalue weighted by Crippen LogP contribution is -1.85. The van der Waals surface area contributed by atoms with Crippen LogP contribution in [0.2, 0.25) is 0 Å². The minimum absolute atomic E-state index is 0.833. The van der Waals surface area contributed by atoms with Crippen molar-refractivity contribution in [2.75, 3.05) is 0 Å². The summed E-state index contributed by atoms with van der Waals surface area (Å²) in [5.41, 5.74) is 2.85. The molecule has 0 fully saturated rings. The molecule has 0 aliphatic heterocycles. The van der Waals surface area contributed by atoms with Crippen LogP contribution in [-0.2, 0) is 4.79 Å². The Kier molecular flexibility index (Phi) is 4.09. The van der Waals surface area contributed by atoms with Gasteiger partial charge in [0.25, 0.3) is 5.97 Å². The van der Waals surface area contributed by atoms with E-state index < -0.39 is 5.97 Å². The van der Waals surface area contributed by atoms with Crippen LogP contribution in [0.5, 0.6) is 0 Å². The van der Waals surface area contributed by atoms with Crippen molar-refractivity contribution in [3.63, 3.8) is 0 Å². The molecule has 0 heterocycles. The highest BCUT2D eigenvalue weighted by atomic mass is 16.4. The molecule has 0 atom stereocenters. The molecule has 0 saturated carbocycles. The van der Waals surface area contributed by atoms with Crippen LogP contribution in [0.25, 0.3) is 11.1 Å². The topological polar surface area (TPSA) is 84.9 Å². The highest BCUT2D eigenvalue weighted by Gasteiger charge is 2.03. The fourth-order valence-electron chi connectivity index (χ4n) is 0.663. The average Bonchev–Trinajstić information content (AvgIpc) is 2.00. The van der Waals surface area contributed by atoms with Gasteiger partial charge in [0.05, 0.1) is 0 Å². The largest absolute Gasteiger partial charge is 0.481 e. The first-order chi connectivity index (χ1) is 5.70. The maximum atomic E-state index is 9.00. The second-order valence-electron chi connectivity index (χ2n) is 2.10. The van der Waals surface area contributed by atoms with Crippen molar-refractivity contribution in [1.29, 1.82) is 10.8 Å². The van der Waals surface area contributed by atoms with E-state index in [4.69, 9.17) is 20.7 Å². The standard InChI is InChI=1S/C6H4.C2H4O2.N2/c1-2-6-4-3-5(1)6;1-2(3)4;1-2/h1-4H;1H3,(H,3,4);. The average molecular weight is 164 g/mol. The molecular formula is C8H8N2O2. The number of carboxylic acids is 1. The molecule has 62 valence electrons. The molecule has 0 aromatic carbocycles. The van der Waals surface area contributed by atoms with E-state index in [2.05, 4.69) is 24.3 Å². The zero-order chi connectivity index (χ0) is 9.56. The van der Waals surface area contributed by atoms with Gasteiger partial charge >= 0.3 is 0 Å². The summed E-state index contributed by atoms with van der Waals surface area (Å²) in [6, 6.07) is 8.48. The third-order valence-electron chi connectivity index (χ3n) is 1.22. The molecule has 0 bridgehead atoms. The molecule has 4 nitrogen and oxygen atoms in total. The number of fused-ring (bicyclic) bond motifs is 1. The second-order valence-corrected chi connectivity index (χ2v) is 2.10. The maximum Gasteiger partial charge on any atom is 0.300 e. The maximum absolute atomic E-state index is 9.00. The second kappa shape index (κ2) is 4.85. The first kappa shape index (κ1) is 10.1. The lowest BCUT2D eigenvalue weighted by Gasteiger charge is -2.10. The van der Waals surface area contributed by atoms with E-state index in [0.717, 1.165) is 6.92 Å². The predicted molar refractivity (Wildman–Crippen MR) is 42.2 cm³/mol. The first-order valence-electron chi connectivity index (χ1n) is 3.20. The van der Waals surface area contributed by atoms with Crippen molar-refractivity contribution < 1.29 is 9.90 Å². The molecule has 2 rings (SSSR count). The highest BCUT2D eigenvalue weighted by molar-refractivity contribution is 5.75. The Morgan fingerprint density at radius 2 is 1.33 bits per heavy atom. The first-order valence-corrected chi connectivity index (χ1v) is 3.20. The molecular weight excluding hydrogens is 156 g/mol. The third-order valence-corrected chi connectivity index (χ3v) is 1.22. The van der Waals surface area contributed by atoms with Crippen LogP contribution in [0.15, 0.2) is 24.3 Å². The quantitative estimate of drug-likeness (QED) is 0.601. The minimum Gasteiger partial charge on any atom is -0.481 e. The van der Waals surface area contributed by atoms with Crippen LogP contribution in [0, 0.1) is 10.8 Å². The molecule has 4 heteroatoms. The van der Waals surface area contributed by atoms with Gasteiger partial charge in [-0.05, 0) is 11.1 Å². The Morgan fingerprint density at radius 3 is 1.33 bits per heavy atom. The lowest BCUT2D eigenvalue weighted by atomic mass is 9.95. The zero-order valence-corrected chi connectivity index (χ0v) is 6.56. The Hall–Kier alpha value is -1.89. The highest BCUT2D eigenvalue weighted by Crippen LogP contribution is 2.29. The van der Waals surface area contributed by atoms with Crippen molar-refractivity contribution in [2.24, 2.45) is 0 Å². The van der Waals surface area contributed by atoms with Gasteiger partial charge in [-0.2, -0.15) is 0 Å². The Bertz CT molecular complexity index is 252. The minimum atomic E-state index is -0.833. The summed E-state index contributed by atoms with van der Waals surface area (Å²) in [6.07, 6.45) is 0. The number of benzene rings is 1. The molecule has 0 aromatic heterocycles. The van der Waals surface area contributed by atoms with Gasteiger partial charge in [0.1, 0.15) is 0 Å². The van der Waals surface area contributed by atoms with E-state index in [1.807, 2.05) is 0 Å². The lowest BCUT2D eigenvalue weighted by molar-refractivity contribution is -0.134. The summed E-state index contributed by atoms with van der Waals surface area (Å²) in [5, 5.41) is 19.4. The third kappa shape index (κ3) is 2.80. The number of carboxylic acid groups (broad SMARTS) is 1. The molecule has 2 aliphatic rings. The van der Waals surface area contributed by atoms with E-state index in [0.29, 0.717) is 0 Å². The van der Waals surface area contributed by atoms with E-state index in [1.165, 1.54) is 11.1 Å². The monoisotopic (exact) mass is 164 g/mol. The summed E-state index contributed by atoms with van der Waals surface area (Å²) >= 11 is 0. The summed E-state index contributed by atoms with van der Waals surface area (Å²) in [6.45, 7) is 1.08. The Labute approximate surface area is 69.9 Å². The van der Waals surface area contributed by atoms with Gasteiger partial charge in [-0.15, -0.1) is 0 Å². The normalized spacial score (nSPS) is 7.92. The molecule has 0 aromatic rings. The molecule has 0 saturated heterocycles. The van der Waals surface area contributed by atoms with Crippen molar-refractivity contribution in [3.05, 3.63) is 24.3 Å². The number of hydrogen-bond acceptors (Lipinski definition) is 3. The van der Waals surface area contributed by atoms with Gasteiger partial charge in [0, 0.05) is 17.7 Å². The van der Waals surface area contributed by atoms with Crippen LogP contribution >= 0.6 is 0 Å². The van der Waals surface area contributed by atoms with Gasteiger partial charge in [-0.1, -0.05) is 24.3 Å². The number of nitrogens with zero attached hydrogens (tertiary/aromatic N) is 2. The van der Waals surface area contributed by atoms with E-state index in [9.17, 15) is 0 Å². The van der Waals surface area contributed by atoms with Crippen LogP contribution in [0.4, 0.5) is 0 Å². The SMILES string of the molecule is CC(=O)O.N#N.c1cc2ccc1-2. The van der Waals surface area contributed by atoms with Crippen LogP contribution in [-0.4, -0.2) is 11.1 Å². The number of carbonyl (C=O) groups is 1. The summed E-state index contributed by atoms with van der Waals surface area (Å²) in [4.78, 5) is 9.00. The Morgan fingerprint density at radius 1 is 1.17 bits per heavy atom. The fraction of sp³-hybridized carbons (Fsp3) is 0.125. The molecule has 12 heavy (non-hydrogen) atoms. The smallest absolute Gasteiger partial charge is 0.300 e. The van der Waals surface area contributed by atoms with Gasteiger partial charge in [-0.3, -0.25) is 4.79 Å². The molecule has 1 N–H and O–H groups in total. The van der Waals surface area contributed by atoms with Crippen molar-refractivity contribution >= 4 is 5.97 Å². The van der Waals surface area contributed by atoms with Crippen molar-refractivity contribution in [3.8, 4) is 11.1 Å².